The van der Waals surface area contributed by atoms with Gasteiger partial charge >= 0.3 is 5.97 Å². The molecule has 1 aromatic heterocycles. The molecule has 20 heavy (non-hydrogen) atoms. The predicted molar refractivity (Wildman–Crippen MR) is 73.2 cm³/mol. The van der Waals surface area contributed by atoms with Crippen LogP contribution in [-0.4, -0.2) is 26.7 Å². The van der Waals surface area contributed by atoms with E-state index in [1.807, 2.05) is 6.92 Å². The molecule has 0 aliphatic heterocycles. The van der Waals surface area contributed by atoms with E-state index in [0.717, 1.165) is 11.8 Å². The van der Waals surface area contributed by atoms with Gasteiger partial charge in [-0.25, -0.2) is 4.79 Å². The Morgan fingerprint density at radius 2 is 1.90 bits per heavy atom. The van der Waals surface area contributed by atoms with Crippen molar-refractivity contribution in [3.8, 4) is 5.75 Å². The number of aryl methyl sites for hydroxylation is 1. The zero-order valence-electron chi connectivity index (χ0n) is 11.0. The summed E-state index contributed by atoms with van der Waals surface area (Å²) in [6.07, 6.45) is 0. The molecule has 0 bridgehead atoms. The van der Waals surface area contributed by atoms with Gasteiger partial charge < -0.3 is 20.1 Å². The summed E-state index contributed by atoms with van der Waals surface area (Å²) in [4.78, 5) is 23.2. The van der Waals surface area contributed by atoms with Gasteiger partial charge in [-0.2, -0.15) is 0 Å². The normalized spacial score (nSPS) is 10.3. The number of amides is 1. The fourth-order valence-corrected chi connectivity index (χ4v) is 1.85. The van der Waals surface area contributed by atoms with Crippen LogP contribution in [-0.2, 0) is 7.05 Å². The van der Waals surface area contributed by atoms with Gasteiger partial charge in [0, 0.05) is 12.7 Å². The van der Waals surface area contributed by atoms with Crippen LogP contribution in [0.15, 0.2) is 30.3 Å². The standard InChI is InChI=1S/C14H14N2O4/c1-8-3-6-12(16(8)2)13(18)15-11-5-4-9(17)7-10(11)14(19)20/h3-7,17H,1-2H3,(H,15,18)(H,19,20). The maximum absolute atomic E-state index is 12.1. The molecule has 0 aliphatic carbocycles. The van der Waals surface area contributed by atoms with Gasteiger partial charge in [0.2, 0.25) is 0 Å². The smallest absolute Gasteiger partial charge is 0.337 e. The zero-order valence-corrected chi connectivity index (χ0v) is 11.0. The number of nitrogens with one attached hydrogen (secondary N) is 1. The van der Waals surface area contributed by atoms with E-state index >= 15 is 0 Å². The molecule has 3 N–H and O–H groups in total. The molecule has 104 valence electrons. The van der Waals surface area contributed by atoms with Crippen LogP contribution in [0.4, 0.5) is 5.69 Å². The van der Waals surface area contributed by atoms with Crippen LogP contribution in [0.25, 0.3) is 0 Å². The molecule has 0 fully saturated rings. The molecule has 6 nitrogen and oxygen atoms in total. The summed E-state index contributed by atoms with van der Waals surface area (Å²) in [5, 5.41) is 20.9. The van der Waals surface area contributed by atoms with Crippen molar-refractivity contribution in [3.63, 3.8) is 0 Å². The van der Waals surface area contributed by atoms with Gasteiger partial charge in [0.05, 0.1) is 11.3 Å². The summed E-state index contributed by atoms with van der Waals surface area (Å²) in [6, 6.07) is 7.22. The number of carboxylic acid groups (broad SMARTS) is 1. The number of anilines is 1. The van der Waals surface area contributed by atoms with Gasteiger partial charge in [0.15, 0.2) is 0 Å². The number of carboxylic acids is 1. The molecule has 1 aromatic carbocycles. The van der Waals surface area contributed by atoms with E-state index in [0.29, 0.717) is 5.69 Å². The number of aromatic carboxylic acids is 1. The molecule has 2 aromatic rings. The second kappa shape index (κ2) is 5.08. The number of benzene rings is 1. The molecule has 0 saturated heterocycles. The summed E-state index contributed by atoms with van der Waals surface area (Å²) < 4.78 is 1.70. The maximum atomic E-state index is 12.1. The van der Waals surface area contributed by atoms with Crippen LogP contribution < -0.4 is 5.32 Å². The van der Waals surface area contributed by atoms with E-state index in [1.165, 1.54) is 12.1 Å². The van der Waals surface area contributed by atoms with Crippen molar-refractivity contribution in [1.29, 1.82) is 0 Å². The quantitative estimate of drug-likeness (QED) is 0.746. The molecule has 0 aliphatic rings. The molecule has 0 spiro atoms. The Labute approximate surface area is 115 Å². The largest absolute Gasteiger partial charge is 0.508 e. The molecule has 2 rings (SSSR count). The number of rotatable bonds is 3. The van der Waals surface area contributed by atoms with Crippen molar-refractivity contribution in [2.45, 2.75) is 6.92 Å². The summed E-state index contributed by atoms with van der Waals surface area (Å²) in [7, 11) is 1.75. The number of carbonyl (C=O) groups is 2. The van der Waals surface area contributed by atoms with Crippen LogP contribution in [0, 0.1) is 6.92 Å². The fourth-order valence-electron chi connectivity index (χ4n) is 1.85. The topological polar surface area (TPSA) is 91.6 Å². The minimum atomic E-state index is -1.22. The minimum absolute atomic E-state index is 0.138. The Morgan fingerprint density at radius 1 is 1.20 bits per heavy atom. The number of aromatic hydroxyl groups is 1. The molecule has 0 saturated carbocycles. The van der Waals surface area contributed by atoms with Crippen molar-refractivity contribution >= 4 is 17.6 Å². The first kappa shape index (κ1) is 13.7. The van der Waals surface area contributed by atoms with Gasteiger partial charge in [-0.05, 0) is 37.3 Å². The highest BCUT2D eigenvalue weighted by molar-refractivity contribution is 6.07. The van der Waals surface area contributed by atoms with Gasteiger partial charge in [0.1, 0.15) is 11.4 Å². The number of phenolic OH excluding ortho intramolecular Hbond substituents is 1. The van der Waals surface area contributed by atoms with E-state index in [4.69, 9.17) is 5.11 Å². The van der Waals surface area contributed by atoms with Gasteiger partial charge in [0.25, 0.3) is 5.91 Å². The number of hydrogen-bond acceptors (Lipinski definition) is 3. The van der Waals surface area contributed by atoms with Crippen molar-refractivity contribution in [2.75, 3.05) is 5.32 Å². The van der Waals surface area contributed by atoms with Gasteiger partial charge in [-0.1, -0.05) is 0 Å². The van der Waals surface area contributed by atoms with Crippen LogP contribution in [0.3, 0.4) is 0 Å². The summed E-state index contributed by atoms with van der Waals surface area (Å²) in [5.74, 6) is -1.80. The van der Waals surface area contributed by atoms with Crippen LogP contribution in [0.1, 0.15) is 26.5 Å². The highest BCUT2D eigenvalue weighted by Crippen LogP contribution is 2.22. The highest BCUT2D eigenvalue weighted by atomic mass is 16.4. The van der Waals surface area contributed by atoms with Crippen molar-refractivity contribution < 1.29 is 19.8 Å². The third kappa shape index (κ3) is 2.49. The Morgan fingerprint density at radius 3 is 2.45 bits per heavy atom. The van der Waals surface area contributed by atoms with Crippen molar-refractivity contribution in [1.82, 2.24) is 4.57 Å². The average molecular weight is 274 g/mol. The lowest BCUT2D eigenvalue weighted by Crippen LogP contribution is -2.17. The lowest BCUT2D eigenvalue weighted by molar-refractivity contribution is 0.0697. The molecule has 6 heteroatoms. The number of phenols is 1. The molecular formula is C14H14N2O4. The minimum Gasteiger partial charge on any atom is -0.508 e. The summed E-state index contributed by atoms with van der Waals surface area (Å²) in [6.45, 7) is 1.86. The van der Waals surface area contributed by atoms with Crippen LogP contribution >= 0.6 is 0 Å². The van der Waals surface area contributed by atoms with Gasteiger partial charge in [-0.3, -0.25) is 4.79 Å². The number of carbonyl (C=O) groups excluding carboxylic acids is 1. The monoisotopic (exact) mass is 274 g/mol. The number of nitrogens with zero attached hydrogens (tertiary/aromatic N) is 1. The summed E-state index contributed by atoms with van der Waals surface area (Å²) in [5.41, 5.74) is 1.31. The molecule has 1 heterocycles. The van der Waals surface area contributed by atoms with E-state index < -0.39 is 11.9 Å². The Balaban J connectivity index is 2.33. The first-order valence-corrected chi connectivity index (χ1v) is 5.90. The Hall–Kier alpha value is -2.76. The highest BCUT2D eigenvalue weighted by Gasteiger charge is 2.16. The second-order valence-electron chi connectivity index (χ2n) is 4.41. The Bertz CT molecular complexity index is 688. The van der Waals surface area contributed by atoms with E-state index in [2.05, 4.69) is 5.32 Å². The first-order chi connectivity index (χ1) is 9.40. The van der Waals surface area contributed by atoms with E-state index in [9.17, 15) is 14.7 Å². The SMILES string of the molecule is Cc1ccc(C(=O)Nc2ccc(O)cc2C(=O)O)n1C. The predicted octanol–water partition coefficient (Wildman–Crippen LogP) is 1.99. The first-order valence-electron chi connectivity index (χ1n) is 5.90. The molecular weight excluding hydrogens is 260 g/mol. The number of hydrogen-bond donors (Lipinski definition) is 3. The molecule has 0 unspecified atom stereocenters. The van der Waals surface area contributed by atoms with Crippen molar-refractivity contribution in [2.24, 2.45) is 7.05 Å². The lowest BCUT2D eigenvalue weighted by atomic mass is 10.1. The molecule has 1 amide bonds. The van der Waals surface area contributed by atoms with Gasteiger partial charge in [-0.15, -0.1) is 0 Å². The third-order valence-electron chi connectivity index (χ3n) is 3.09. The fraction of sp³-hybridized carbons (Fsp3) is 0.143. The molecule has 0 radical (unpaired) electrons. The third-order valence-corrected chi connectivity index (χ3v) is 3.09. The maximum Gasteiger partial charge on any atom is 0.337 e. The lowest BCUT2D eigenvalue weighted by Gasteiger charge is -2.10. The number of aromatic nitrogens is 1. The Kier molecular flexibility index (Phi) is 3.47. The van der Waals surface area contributed by atoms with E-state index in [1.54, 1.807) is 23.7 Å². The average Bonchev–Trinajstić information content (AvgIpc) is 2.72. The van der Waals surface area contributed by atoms with Crippen molar-refractivity contribution in [3.05, 3.63) is 47.3 Å². The van der Waals surface area contributed by atoms with Crippen LogP contribution in [0.5, 0.6) is 5.75 Å². The zero-order chi connectivity index (χ0) is 14.9. The van der Waals surface area contributed by atoms with E-state index in [-0.39, 0.29) is 17.0 Å². The second-order valence-corrected chi connectivity index (χ2v) is 4.41. The summed E-state index contributed by atoms with van der Waals surface area (Å²) >= 11 is 0. The van der Waals surface area contributed by atoms with Crippen LogP contribution in [0.2, 0.25) is 0 Å². The molecule has 0 atom stereocenters.